The van der Waals surface area contributed by atoms with E-state index in [4.69, 9.17) is 5.73 Å². The van der Waals surface area contributed by atoms with Crippen LogP contribution in [0.25, 0.3) is 0 Å². The molecule has 0 saturated heterocycles. The molecule has 0 aliphatic carbocycles. The van der Waals surface area contributed by atoms with Crippen molar-refractivity contribution in [1.82, 2.24) is 15.1 Å². The molecule has 1 aromatic heterocycles. The number of anilines is 1. The van der Waals surface area contributed by atoms with Crippen LogP contribution in [0, 0.1) is 0 Å². The van der Waals surface area contributed by atoms with E-state index in [-0.39, 0.29) is 11.9 Å². The number of nitrogens with zero attached hydrogens (tertiary/aromatic N) is 2. The molecule has 1 rings (SSSR count). The third-order valence-corrected chi connectivity index (χ3v) is 2.12. The van der Waals surface area contributed by atoms with Gasteiger partial charge in [0.2, 0.25) is 0 Å². The van der Waals surface area contributed by atoms with Gasteiger partial charge in [-0.2, -0.15) is 5.10 Å². The first-order valence-electron chi connectivity index (χ1n) is 4.65. The molecule has 1 aromatic rings. The number of nitrogen functional groups attached to an aromatic ring is 1. The number of amides is 1. The minimum atomic E-state index is -0.133. The van der Waals surface area contributed by atoms with E-state index in [1.165, 1.54) is 4.68 Å². The lowest BCUT2D eigenvalue weighted by Crippen LogP contribution is -2.33. The monoisotopic (exact) mass is 196 g/mol. The van der Waals surface area contributed by atoms with Crippen LogP contribution in [-0.2, 0) is 7.05 Å². The molecule has 0 aliphatic heterocycles. The van der Waals surface area contributed by atoms with Gasteiger partial charge in [0.1, 0.15) is 11.5 Å². The Morgan fingerprint density at radius 1 is 1.79 bits per heavy atom. The Bertz CT molecular complexity index is 332. The SMILES string of the molecule is CC[C@H](C)NC(=O)c1cc(N)nn1C. The molecule has 1 atom stereocenters. The quantitative estimate of drug-likeness (QED) is 0.740. The fourth-order valence-corrected chi connectivity index (χ4v) is 1.10. The molecule has 0 aliphatic rings. The molecule has 5 heteroatoms. The largest absolute Gasteiger partial charge is 0.382 e. The van der Waals surface area contributed by atoms with Crippen LogP contribution in [0.2, 0.25) is 0 Å². The topological polar surface area (TPSA) is 72.9 Å². The molecular formula is C9H16N4O. The summed E-state index contributed by atoms with van der Waals surface area (Å²) in [6, 6.07) is 1.73. The molecular weight excluding hydrogens is 180 g/mol. The first-order chi connectivity index (χ1) is 6.54. The zero-order valence-corrected chi connectivity index (χ0v) is 8.74. The van der Waals surface area contributed by atoms with Gasteiger partial charge in [0.15, 0.2) is 0 Å². The summed E-state index contributed by atoms with van der Waals surface area (Å²) < 4.78 is 1.48. The molecule has 0 fully saturated rings. The van der Waals surface area contributed by atoms with Crippen LogP contribution in [0.1, 0.15) is 30.8 Å². The van der Waals surface area contributed by atoms with Gasteiger partial charge in [0.05, 0.1) is 0 Å². The Labute approximate surface area is 83.3 Å². The molecule has 0 unspecified atom stereocenters. The van der Waals surface area contributed by atoms with Crippen LogP contribution in [0.4, 0.5) is 5.82 Å². The van der Waals surface area contributed by atoms with Crippen LogP contribution in [0.5, 0.6) is 0 Å². The Morgan fingerprint density at radius 2 is 2.43 bits per heavy atom. The maximum atomic E-state index is 11.6. The van der Waals surface area contributed by atoms with Crippen LogP contribution < -0.4 is 11.1 Å². The maximum absolute atomic E-state index is 11.6. The van der Waals surface area contributed by atoms with E-state index in [0.717, 1.165) is 6.42 Å². The van der Waals surface area contributed by atoms with Crippen molar-refractivity contribution >= 4 is 11.7 Å². The van der Waals surface area contributed by atoms with E-state index in [2.05, 4.69) is 10.4 Å². The van der Waals surface area contributed by atoms with Gasteiger partial charge in [-0.05, 0) is 13.3 Å². The number of carbonyl (C=O) groups is 1. The third kappa shape index (κ3) is 2.25. The fraction of sp³-hybridized carbons (Fsp3) is 0.556. The highest BCUT2D eigenvalue weighted by Crippen LogP contribution is 2.04. The zero-order valence-electron chi connectivity index (χ0n) is 8.74. The molecule has 0 radical (unpaired) electrons. The normalized spacial score (nSPS) is 12.5. The van der Waals surface area contributed by atoms with Crippen LogP contribution in [0.15, 0.2) is 6.07 Å². The van der Waals surface area contributed by atoms with Crippen molar-refractivity contribution < 1.29 is 4.79 Å². The molecule has 0 aromatic carbocycles. The molecule has 0 saturated carbocycles. The summed E-state index contributed by atoms with van der Waals surface area (Å²) in [5, 5.41) is 6.74. The zero-order chi connectivity index (χ0) is 10.7. The summed E-state index contributed by atoms with van der Waals surface area (Å²) in [6.45, 7) is 3.97. The highest BCUT2D eigenvalue weighted by atomic mass is 16.2. The van der Waals surface area contributed by atoms with Crippen molar-refractivity contribution in [2.24, 2.45) is 7.05 Å². The van der Waals surface area contributed by atoms with Gasteiger partial charge in [-0.1, -0.05) is 6.92 Å². The minimum absolute atomic E-state index is 0.133. The van der Waals surface area contributed by atoms with Gasteiger partial charge in [-0.3, -0.25) is 9.48 Å². The van der Waals surface area contributed by atoms with Gasteiger partial charge >= 0.3 is 0 Å². The summed E-state index contributed by atoms with van der Waals surface area (Å²) in [5.41, 5.74) is 5.96. The Morgan fingerprint density at radius 3 is 2.86 bits per heavy atom. The molecule has 0 bridgehead atoms. The summed E-state index contributed by atoms with van der Waals surface area (Å²) >= 11 is 0. The van der Waals surface area contributed by atoms with E-state index in [1.807, 2.05) is 13.8 Å². The first kappa shape index (κ1) is 10.6. The lowest BCUT2D eigenvalue weighted by atomic mass is 10.2. The predicted molar refractivity (Wildman–Crippen MR) is 54.8 cm³/mol. The average Bonchev–Trinajstić information content (AvgIpc) is 2.45. The summed E-state index contributed by atoms with van der Waals surface area (Å²) in [6.07, 6.45) is 0.902. The van der Waals surface area contributed by atoms with Crippen molar-refractivity contribution in [1.29, 1.82) is 0 Å². The van der Waals surface area contributed by atoms with Crippen molar-refractivity contribution in [2.45, 2.75) is 26.3 Å². The van der Waals surface area contributed by atoms with Gasteiger partial charge in [-0.25, -0.2) is 0 Å². The van der Waals surface area contributed by atoms with Crippen LogP contribution >= 0.6 is 0 Å². The second-order valence-corrected chi connectivity index (χ2v) is 3.36. The van der Waals surface area contributed by atoms with Gasteiger partial charge in [-0.15, -0.1) is 0 Å². The number of carbonyl (C=O) groups excluding carboxylic acids is 1. The van der Waals surface area contributed by atoms with Crippen molar-refractivity contribution in [3.63, 3.8) is 0 Å². The lowest BCUT2D eigenvalue weighted by Gasteiger charge is -2.10. The second kappa shape index (κ2) is 4.13. The van der Waals surface area contributed by atoms with Crippen molar-refractivity contribution in [3.8, 4) is 0 Å². The highest BCUT2D eigenvalue weighted by molar-refractivity contribution is 5.93. The Balaban J connectivity index is 2.74. The molecule has 78 valence electrons. The molecule has 1 heterocycles. The third-order valence-electron chi connectivity index (χ3n) is 2.12. The van der Waals surface area contributed by atoms with Gasteiger partial charge < -0.3 is 11.1 Å². The van der Waals surface area contributed by atoms with E-state index in [9.17, 15) is 4.79 Å². The number of aromatic nitrogens is 2. The van der Waals surface area contributed by atoms with Crippen molar-refractivity contribution in [2.75, 3.05) is 5.73 Å². The Hall–Kier alpha value is -1.52. The number of nitrogens with two attached hydrogens (primary N) is 1. The van der Waals surface area contributed by atoms with E-state index in [0.29, 0.717) is 11.5 Å². The average molecular weight is 196 g/mol. The minimum Gasteiger partial charge on any atom is -0.382 e. The van der Waals surface area contributed by atoms with E-state index in [1.54, 1.807) is 13.1 Å². The second-order valence-electron chi connectivity index (χ2n) is 3.36. The van der Waals surface area contributed by atoms with Crippen molar-refractivity contribution in [3.05, 3.63) is 11.8 Å². The maximum Gasteiger partial charge on any atom is 0.269 e. The van der Waals surface area contributed by atoms with Gasteiger partial charge in [0.25, 0.3) is 5.91 Å². The van der Waals surface area contributed by atoms with Crippen LogP contribution in [-0.4, -0.2) is 21.7 Å². The van der Waals surface area contributed by atoms with E-state index < -0.39 is 0 Å². The molecule has 0 spiro atoms. The number of nitrogens with one attached hydrogen (secondary N) is 1. The number of aryl methyl sites for hydroxylation is 1. The number of hydrogen-bond acceptors (Lipinski definition) is 3. The predicted octanol–water partition coefficient (Wildman–Crippen LogP) is 0.531. The van der Waals surface area contributed by atoms with Gasteiger partial charge in [0, 0.05) is 19.2 Å². The summed E-state index contributed by atoms with van der Waals surface area (Å²) in [5.74, 6) is 0.229. The molecule has 14 heavy (non-hydrogen) atoms. The Kier molecular flexibility index (Phi) is 3.11. The first-order valence-corrected chi connectivity index (χ1v) is 4.65. The molecule has 3 N–H and O–H groups in total. The summed E-state index contributed by atoms with van der Waals surface area (Å²) in [4.78, 5) is 11.6. The molecule has 5 nitrogen and oxygen atoms in total. The smallest absolute Gasteiger partial charge is 0.269 e. The standard InChI is InChI=1S/C9H16N4O/c1-4-6(2)11-9(14)7-5-8(10)12-13(7)3/h5-6H,4H2,1-3H3,(H2,10,12)(H,11,14)/t6-/m0/s1. The summed E-state index contributed by atoms with van der Waals surface area (Å²) in [7, 11) is 1.70. The fourth-order valence-electron chi connectivity index (χ4n) is 1.10. The lowest BCUT2D eigenvalue weighted by molar-refractivity contribution is 0.0930. The number of rotatable bonds is 3. The number of hydrogen-bond donors (Lipinski definition) is 2. The highest BCUT2D eigenvalue weighted by Gasteiger charge is 2.13. The van der Waals surface area contributed by atoms with E-state index >= 15 is 0 Å². The van der Waals surface area contributed by atoms with Crippen LogP contribution in [0.3, 0.4) is 0 Å². The molecule has 1 amide bonds.